The summed E-state index contributed by atoms with van der Waals surface area (Å²) in [4.78, 5) is 29.4. The number of piperidine rings is 1. The Morgan fingerprint density at radius 3 is 2.20 bits per heavy atom. The number of para-hydroxylation sites is 1. The van der Waals surface area contributed by atoms with E-state index in [1.807, 2.05) is 41.3 Å². The van der Waals surface area contributed by atoms with E-state index in [4.69, 9.17) is 0 Å². The van der Waals surface area contributed by atoms with E-state index >= 15 is 0 Å². The van der Waals surface area contributed by atoms with Crippen molar-refractivity contribution in [3.05, 3.63) is 72.3 Å². The van der Waals surface area contributed by atoms with Gasteiger partial charge in [0.1, 0.15) is 0 Å². The number of nitrogens with one attached hydrogen (secondary N) is 1. The molecule has 0 bridgehead atoms. The summed E-state index contributed by atoms with van der Waals surface area (Å²) in [6.45, 7) is 3.48. The van der Waals surface area contributed by atoms with Crippen LogP contribution in [0.2, 0.25) is 0 Å². The Bertz CT molecular complexity index is 887. The molecule has 0 aromatic heterocycles. The number of nitrogens with zero attached hydrogens (tertiary/aromatic N) is 2. The summed E-state index contributed by atoms with van der Waals surface area (Å²) in [5, 5.41) is 3.00. The van der Waals surface area contributed by atoms with Crippen LogP contribution in [0, 0.1) is 5.92 Å². The fourth-order valence-corrected chi connectivity index (χ4v) is 4.22. The highest BCUT2D eigenvalue weighted by Gasteiger charge is 2.27. The first-order valence-corrected chi connectivity index (χ1v) is 10.8. The minimum atomic E-state index is 0.0166. The van der Waals surface area contributed by atoms with Crippen LogP contribution in [0.15, 0.2) is 66.7 Å². The van der Waals surface area contributed by atoms with E-state index in [1.165, 1.54) is 11.1 Å². The van der Waals surface area contributed by atoms with Crippen LogP contribution in [0.3, 0.4) is 0 Å². The number of carbonyl (C=O) groups excluding carboxylic acids is 2. The minimum Gasteiger partial charge on any atom is -0.338 e. The topological polar surface area (TPSA) is 52.7 Å². The number of hydrogen-bond donors (Lipinski definition) is 1. The number of hydrogen-bond acceptors (Lipinski definition) is 3. The summed E-state index contributed by atoms with van der Waals surface area (Å²) in [7, 11) is 0. The van der Waals surface area contributed by atoms with Crippen molar-refractivity contribution in [2.75, 3.05) is 38.0 Å². The highest BCUT2D eigenvalue weighted by molar-refractivity contribution is 5.92. The summed E-state index contributed by atoms with van der Waals surface area (Å²) < 4.78 is 0. The molecule has 1 fully saturated rings. The lowest BCUT2D eigenvalue weighted by atomic mass is 9.95. The molecule has 2 aliphatic rings. The third-order valence-electron chi connectivity index (χ3n) is 6.06. The van der Waals surface area contributed by atoms with Gasteiger partial charge in [0, 0.05) is 24.7 Å². The average Bonchev–Trinajstić information content (AvgIpc) is 2.81. The molecule has 0 aliphatic carbocycles. The number of likely N-dealkylation sites (tertiary alicyclic amines) is 1. The van der Waals surface area contributed by atoms with Gasteiger partial charge in [-0.1, -0.05) is 54.6 Å². The number of benzene rings is 2. The lowest BCUT2D eigenvalue weighted by Crippen LogP contribution is -2.45. The summed E-state index contributed by atoms with van der Waals surface area (Å²) >= 11 is 0. The van der Waals surface area contributed by atoms with E-state index in [0.717, 1.165) is 44.6 Å². The Hall–Kier alpha value is -2.92. The van der Waals surface area contributed by atoms with Crippen LogP contribution in [0.5, 0.6) is 0 Å². The largest absolute Gasteiger partial charge is 0.338 e. The second kappa shape index (κ2) is 9.72. The second-order valence-corrected chi connectivity index (χ2v) is 8.09. The molecule has 0 spiro atoms. The molecule has 4 rings (SSSR count). The first-order valence-electron chi connectivity index (χ1n) is 10.8. The normalized spacial score (nSPS) is 18.0. The fourth-order valence-electron chi connectivity index (χ4n) is 4.22. The van der Waals surface area contributed by atoms with Gasteiger partial charge < -0.3 is 10.2 Å². The van der Waals surface area contributed by atoms with Crippen LogP contribution < -0.4 is 5.32 Å². The molecule has 0 radical (unpaired) electrons. The van der Waals surface area contributed by atoms with Crippen LogP contribution in [-0.4, -0.2) is 54.3 Å². The SMILES string of the molecule is O=C(Nc1ccccc1)C1CCN(CC(=O)N2CC=C(c3ccccc3)CC2)CC1. The van der Waals surface area contributed by atoms with Crippen molar-refractivity contribution in [2.45, 2.75) is 19.3 Å². The van der Waals surface area contributed by atoms with Gasteiger partial charge in [-0.05, 0) is 55.6 Å². The van der Waals surface area contributed by atoms with Gasteiger partial charge in [-0.3, -0.25) is 14.5 Å². The van der Waals surface area contributed by atoms with Crippen molar-refractivity contribution in [3.8, 4) is 0 Å². The van der Waals surface area contributed by atoms with Crippen LogP contribution in [0.1, 0.15) is 24.8 Å². The molecule has 2 aromatic carbocycles. The second-order valence-electron chi connectivity index (χ2n) is 8.09. The first kappa shape index (κ1) is 20.4. The van der Waals surface area contributed by atoms with E-state index in [-0.39, 0.29) is 17.7 Å². The molecule has 2 amide bonds. The lowest BCUT2D eigenvalue weighted by Gasteiger charge is -2.33. The molecule has 0 saturated carbocycles. The van der Waals surface area contributed by atoms with Gasteiger partial charge in [-0.25, -0.2) is 0 Å². The van der Waals surface area contributed by atoms with Crippen LogP contribution >= 0.6 is 0 Å². The highest BCUT2D eigenvalue weighted by Crippen LogP contribution is 2.23. The number of amides is 2. The van der Waals surface area contributed by atoms with E-state index in [0.29, 0.717) is 13.1 Å². The molecular formula is C25H29N3O2. The summed E-state index contributed by atoms with van der Waals surface area (Å²) in [6, 6.07) is 20.0. The van der Waals surface area contributed by atoms with Gasteiger partial charge in [0.15, 0.2) is 0 Å². The Morgan fingerprint density at radius 2 is 1.57 bits per heavy atom. The zero-order chi connectivity index (χ0) is 20.8. The molecule has 1 N–H and O–H groups in total. The smallest absolute Gasteiger partial charge is 0.237 e. The Morgan fingerprint density at radius 1 is 0.900 bits per heavy atom. The van der Waals surface area contributed by atoms with Crippen molar-refractivity contribution in [2.24, 2.45) is 5.92 Å². The average molecular weight is 404 g/mol. The molecule has 30 heavy (non-hydrogen) atoms. The van der Waals surface area contributed by atoms with Gasteiger partial charge in [-0.15, -0.1) is 0 Å². The molecule has 0 unspecified atom stereocenters. The minimum absolute atomic E-state index is 0.0166. The maximum atomic E-state index is 12.7. The number of anilines is 1. The summed E-state index contributed by atoms with van der Waals surface area (Å²) in [6.07, 6.45) is 4.67. The van der Waals surface area contributed by atoms with Gasteiger partial charge in [0.05, 0.1) is 6.54 Å². The van der Waals surface area contributed by atoms with Gasteiger partial charge in [-0.2, -0.15) is 0 Å². The third-order valence-corrected chi connectivity index (χ3v) is 6.06. The van der Waals surface area contributed by atoms with Gasteiger partial charge in [0.2, 0.25) is 11.8 Å². The molecule has 5 heteroatoms. The number of carbonyl (C=O) groups is 2. The van der Waals surface area contributed by atoms with E-state index < -0.39 is 0 Å². The first-order chi connectivity index (χ1) is 14.7. The van der Waals surface area contributed by atoms with E-state index in [2.05, 4.69) is 40.6 Å². The van der Waals surface area contributed by atoms with Crippen molar-refractivity contribution in [3.63, 3.8) is 0 Å². The molecule has 156 valence electrons. The Labute approximate surface area is 178 Å². The van der Waals surface area contributed by atoms with Crippen molar-refractivity contribution in [1.29, 1.82) is 0 Å². The standard InChI is InChI=1S/C25H29N3O2/c29-24(28-17-13-21(14-18-28)20-7-3-1-4-8-20)19-27-15-11-22(12-16-27)25(30)26-23-9-5-2-6-10-23/h1-10,13,22H,11-12,14-19H2,(H,26,30). The molecule has 1 saturated heterocycles. The molecule has 2 aromatic rings. The Kier molecular flexibility index (Phi) is 6.60. The van der Waals surface area contributed by atoms with Crippen LogP contribution in [0.25, 0.3) is 5.57 Å². The van der Waals surface area contributed by atoms with Crippen LogP contribution in [-0.2, 0) is 9.59 Å². The predicted molar refractivity (Wildman–Crippen MR) is 120 cm³/mol. The molecule has 2 aliphatic heterocycles. The molecular weight excluding hydrogens is 374 g/mol. The summed E-state index contributed by atoms with van der Waals surface area (Å²) in [5.74, 6) is 0.287. The zero-order valence-corrected chi connectivity index (χ0v) is 17.3. The quantitative estimate of drug-likeness (QED) is 0.829. The third kappa shape index (κ3) is 5.16. The van der Waals surface area contributed by atoms with Crippen LogP contribution in [0.4, 0.5) is 5.69 Å². The maximum absolute atomic E-state index is 12.7. The van der Waals surface area contributed by atoms with Crippen molar-refractivity contribution in [1.82, 2.24) is 9.80 Å². The highest BCUT2D eigenvalue weighted by atomic mass is 16.2. The summed E-state index contributed by atoms with van der Waals surface area (Å²) in [5.41, 5.74) is 3.42. The fraction of sp³-hybridized carbons (Fsp3) is 0.360. The maximum Gasteiger partial charge on any atom is 0.237 e. The van der Waals surface area contributed by atoms with Gasteiger partial charge >= 0.3 is 0 Å². The molecule has 0 atom stereocenters. The zero-order valence-electron chi connectivity index (χ0n) is 17.3. The van der Waals surface area contributed by atoms with E-state index in [9.17, 15) is 9.59 Å². The van der Waals surface area contributed by atoms with Crippen molar-refractivity contribution < 1.29 is 9.59 Å². The molecule has 2 heterocycles. The Balaban J connectivity index is 1.22. The number of rotatable bonds is 5. The molecule has 5 nitrogen and oxygen atoms in total. The van der Waals surface area contributed by atoms with Crippen molar-refractivity contribution >= 4 is 23.1 Å². The monoisotopic (exact) mass is 403 g/mol. The van der Waals surface area contributed by atoms with E-state index in [1.54, 1.807) is 0 Å². The lowest BCUT2D eigenvalue weighted by molar-refractivity contribution is -0.132. The van der Waals surface area contributed by atoms with Gasteiger partial charge in [0.25, 0.3) is 0 Å². The predicted octanol–water partition coefficient (Wildman–Crippen LogP) is 3.65.